The van der Waals surface area contributed by atoms with Crippen LogP contribution in [0.5, 0.6) is 0 Å². The molecule has 1 fully saturated rings. The molecule has 2 atom stereocenters. The lowest BCUT2D eigenvalue weighted by atomic mass is 10.1. The van der Waals surface area contributed by atoms with Crippen molar-refractivity contribution in [2.24, 2.45) is 0 Å². The summed E-state index contributed by atoms with van der Waals surface area (Å²) in [5.74, 6) is -0.305. The highest BCUT2D eigenvalue weighted by molar-refractivity contribution is 5.83. The lowest BCUT2D eigenvalue weighted by Crippen LogP contribution is -2.24. The Hall–Kier alpha value is -0.830. The normalized spacial score (nSPS) is 35.7. The van der Waals surface area contributed by atoms with Crippen LogP contribution in [0.2, 0.25) is 0 Å². The molecular weight excluding hydrogens is 144 g/mol. The van der Waals surface area contributed by atoms with Gasteiger partial charge < -0.3 is 9.47 Å². The van der Waals surface area contributed by atoms with E-state index in [-0.39, 0.29) is 12.1 Å². The Morgan fingerprint density at radius 3 is 2.82 bits per heavy atom. The molecule has 0 saturated carbocycles. The van der Waals surface area contributed by atoms with Gasteiger partial charge in [-0.15, -0.1) is 0 Å². The molecule has 1 rings (SSSR count). The van der Waals surface area contributed by atoms with Crippen LogP contribution in [0.15, 0.2) is 12.2 Å². The van der Waals surface area contributed by atoms with Gasteiger partial charge in [-0.05, 0) is 13.8 Å². The number of epoxide rings is 1. The molecule has 0 bridgehead atoms. The fraction of sp³-hybridized carbons (Fsp3) is 0.625. The first-order valence-corrected chi connectivity index (χ1v) is 3.54. The molecule has 3 heteroatoms. The van der Waals surface area contributed by atoms with E-state index < -0.39 is 5.60 Å². The molecule has 2 unspecified atom stereocenters. The molecular formula is C8H12O3. The summed E-state index contributed by atoms with van der Waals surface area (Å²) in [6.07, 6.45) is 3.61. The van der Waals surface area contributed by atoms with Crippen molar-refractivity contribution >= 4 is 5.97 Å². The molecule has 0 amide bonds. The molecule has 0 spiro atoms. The Kier molecular flexibility index (Phi) is 2.00. The molecule has 1 aliphatic heterocycles. The average Bonchev–Trinajstić information content (AvgIpc) is 2.63. The van der Waals surface area contributed by atoms with Crippen LogP contribution in [0.25, 0.3) is 0 Å². The quantitative estimate of drug-likeness (QED) is 0.338. The molecule has 0 aromatic heterocycles. The highest BCUT2D eigenvalue weighted by atomic mass is 16.7. The van der Waals surface area contributed by atoms with E-state index in [4.69, 9.17) is 4.74 Å². The Labute approximate surface area is 66.0 Å². The smallest absolute Gasteiger partial charge is 0.340 e. The van der Waals surface area contributed by atoms with E-state index in [0.717, 1.165) is 0 Å². The summed E-state index contributed by atoms with van der Waals surface area (Å²) in [5.41, 5.74) is -0.721. The standard InChI is InChI=1S/C8H12O3/c1-4-5-6-8(2,11-6)7(9)10-3/h4-6H,1-3H3. The van der Waals surface area contributed by atoms with Crippen LogP contribution in [0.4, 0.5) is 0 Å². The van der Waals surface area contributed by atoms with Crippen molar-refractivity contribution in [2.45, 2.75) is 25.6 Å². The molecule has 1 heterocycles. The predicted molar refractivity (Wildman–Crippen MR) is 40.1 cm³/mol. The van der Waals surface area contributed by atoms with Crippen LogP contribution in [0.3, 0.4) is 0 Å². The molecule has 11 heavy (non-hydrogen) atoms. The third kappa shape index (κ3) is 1.28. The van der Waals surface area contributed by atoms with Gasteiger partial charge in [0.1, 0.15) is 6.10 Å². The summed E-state index contributed by atoms with van der Waals surface area (Å²) in [6.45, 7) is 3.61. The van der Waals surface area contributed by atoms with Crippen LogP contribution >= 0.6 is 0 Å². The van der Waals surface area contributed by atoms with Gasteiger partial charge in [-0.3, -0.25) is 0 Å². The van der Waals surface area contributed by atoms with Crippen molar-refractivity contribution in [3.8, 4) is 0 Å². The maximum absolute atomic E-state index is 11.0. The van der Waals surface area contributed by atoms with Crippen LogP contribution < -0.4 is 0 Å². The van der Waals surface area contributed by atoms with Crippen molar-refractivity contribution in [1.29, 1.82) is 0 Å². The van der Waals surface area contributed by atoms with E-state index in [9.17, 15) is 4.79 Å². The van der Waals surface area contributed by atoms with Gasteiger partial charge in [-0.1, -0.05) is 12.2 Å². The number of allylic oxidation sites excluding steroid dienone is 1. The fourth-order valence-electron chi connectivity index (χ4n) is 0.994. The number of ether oxygens (including phenoxy) is 2. The fourth-order valence-corrected chi connectivity index (χ4v) is 0.994. The number of esters is 1. The van der Waals surface area contributed by atoms with E-state index in [1.807, 2.05) is 19.1 Å². The zero-order valence-electron chi connectivity index (χ0n) is 6.96. The number of hydrogen-bond acceptors (Lipinski definition) is 3. The SMILES string of the molecule is CC=CC1OC1(C)C(=O)OC. The Morgan fingerprint density at radius 1 is 1.73 bits per heavy atom. The van der Waals surface area contributed by atoms with Gasteiger partial charge in [0.15, 0.2) is 5.60 Å². The van der Waals surface area contributed by atoms with Crippen molar-refractivity contribution in [3.63, 3.8) is 0 Å². The van der Waals surface area contributed by atoms with Crippen molar-refractivity contribution in [1.82, 2.24) is 0 Å². The Bertz CT molecular complexity index is 198. The minimum absolute atomic E-state index is 0.0973. The summed E-state index contributed by atoms with van der Waals surface area (Å²) in [7, 11) is 1.36. The van der Waals surface area contributed by atoms with Gasteiger partial charge in [0.25, 0.3) is 0 Å². The molecule has 1 aliphatic rings. The van der Waals surface area contributed by atoms with E-state index in [1.165, 1.54) is 7.11 Å². The van der Waals surface area contributed by atoms with Gasteiger partial charge in [0.2, 0.25) is 0 Å². The summed E-state index contributed by atoms with van der Waals surface area (Å²) in [4.78, 5) is 11.0. The lowest BCUT2D eigenvalue weighted by Gasteiger charge is -2.00. The van der Waals surface area contributed by atoms with Gasteiger partial charge >= 0.3 is 5.97 Å². The first-order chi connectivity index (χ1) is 5.15. The second-order valence-corrected chi connectivity index (χ2v) is 2.66. The third-order valence-corrected chi connectivity index (χ3v) is 1.82. The maximum Gasteiger partial charge on any atom is 0.340 e. The zero-order valence-corrected chi connectivity index (χ0v) is 6.96. The van der Waals surface area contributed by atoms with Gasteiger partial charge in [-0.2, -0.15) is 0 Å². The molecule has 0 N–H and O–H groups in total. The molecule has 62 valence electrons. The van der Waals surface area contributed by atoms with Gasteiger partial charge in [-0.25, -0.2) is 4.79 Å². The molecule has 0 aromatic carbocycles. The minimum atomic E-state index is -0.721. The average molecular weight is 156 g/mol. The van der Waals surface area contributed by atoms with Crippen molar-refractivity contribution < 1.29 is 14.3 Å². The molecule has 1 saturated heterocycles. The number of carbonyl (C=O) groups is 1. The molecule has 3 nitrogen and oxygen atoms in total. The Balaban J connectivity index is 2.55. The number of carbonyl (C=O) groups excluding carboxylic acids is 1. The summed E-state index contributed by atoms with van der Waals surface area (Å²) in [5, 5.41) is 0. The van der Waals surface area contributed by atoms with Crippen LogP contribution in [0, 0.1) is 0 Å². The number of methoxy groups -OCH3 is 1. The second-order valence-electron chi connectivity index (χ2n) is 2.66. The van der Waals surface area contributed by atoms with E-state index >= 15 is 0 Å². The summed E-state index contributed by atoms with van der Waals surface area (Å²) in [6, 6.07) is 0. The van der Waals surface area contributed by atoms with Gasteiger partial charge in [0.05, 0.1) is 7.11 Å². The predicted octanol–water partition coefficient (Wildman–Crippen LogP) is 0.893. The summed E-state index contributed by atoms with van der Waals surface area (Å²) >= 11 is 0. The number of rotatable bonds is 2. The highest BCUT2D eigenvalue weighted by Gasteiger charge is 2.58. The monoisotopic (exact) mass is 156 g/mol. The Morgan fingerprint density at radius 2 is 2.36 bits per heavy atom. The zero-order chi connectivity index (χ0) is 8.48. The van der Waals surface area contributed by atoms with Crippen LogP contribution in [-0.4, -0.2) is 24.8 Å². The van der Waals surface area contributed by atoms with E-state index in [1.54, 1.807) is 6.92 Å². The van der Waals surface area contributed by atoms with E-state index in [0.29, 0.717) is 0 Å². The van der Waals surface area contributed by atoms with Crippen molar-refractivity contribution in [2.75, 3.05) is 7.11 Å². The minimum Gasteiger partial charge on any atom is -0.467 e. The largest absolute Gasteiger partial charge is 0.467 e. The third-order valence-electron chi connectivity index (χ3n) is 1.82. The van der Waals surface area contributed by atoms with Crippen LogP contribution in [-0.2, 0) is 14.3 Å². The second kappa shape index (κ2) is 2.66. The summed E-state index contributed by atoms with van der Waals surface area (Å²) < 4.78 is 9.69. The topological polar surface area (TPSA) is 38.8 Å². The molecule has 0 aliphatic carbocycles. The lowest BCUT2D eigenvalue weighted by molar-refractivity contribution is -0.146. The first-order valence-electron chi connectivity index (χ1n) is 3.54. The van der Waals surface area contributed by atoms with Crippen LogP contribution in [0.1, 0.15) is 13.8 Å². The first kappa shape index (κ1) is 8.27. The maximum atomic E-state index is 11.0. The molecule has 0 aromatic rings. The molecule has 0 radical (unpaired) electrons. The van der Waals surface area contributed by atoms with Crippen molar-refractivity contribution in [3.05, 3.63) is 12.2 Å². The number of hydrogen-bond donors (Lipinski definition) is 0. The highest BCUT2D eigenvalue weighted by Crippen LogP contribution is 2.37. The van der Waals surface area contributed by atoms with E-state index in [2.05, 4.69) is 4.74 Å². The van der Waals surface area contributed by atoms with Gasteiger partial charge in [0, 0.05) is 0 Å².